The third kappa shape index (κ3) is 1.46. The maximum absolute atomic E-state index is 11.9. The Morgan fingerprint density at radius 2 is 2.08 bits per heavy atom. The molecule has 0 atom stereocenters. The minimum Gasteiger partial charge on any atom is -0.249 e. The molecule has 0 N–H and O–H groups in total. The van der Waals surface area contributed by atoms with Crippen LogP contribution in [0.4, 0.5) is 13.2 Å². The van der Waals surface area contributed by atoms with Gasteiger partial charge >= 0.3 is 6.18 Å². The van der Waals surface area contributed by atoms with Crippen molar-refractivity contribution >= 4 is 6.08 Å². The van der Waals surface area contributed by atoms with Gasteiger partial charge in [-0.1, -0.05) is 6.58 Å². The van der Waals surface area contributed by atoms with Gasteiger partial charge in [-0.2, -0.15) is 13.2 Å². The molecule has 0 fully saturated rings. The first-order valence-electron chi connectivity index (χ1n) is 3.06. The van der Waals surface area contributed by atoms with Gasteiger partial charge in [0, 0.05) is 7.05 Å². The number of hydrogen-bond donors (Lipinski definition) is 0. The first-order valence-corrected chi connectivity index (χ1v) is 3.06. The monoisotopic (exact) mass is 177 g/mol. The van der Waals surface area contributed by atoms with Crippen molar-refractivity contribution < 1.29 is 13.2 Å². The standard InChI is InChI=1S/C6H6F3N3/c1-3-4-10-5(6(7,8)9)11-12(4)2/h3H,1H2,2H3. The highest BCUT2D eigenvalue weighted by Gasteiger charge is 2.36. The van der Waals surface area contributed by atoms with Gasteiger partial charge in [0.25, 0.3) is 5.82 Å². The van der Waals surface area contributed by atoms with Gasteiger partial charge in [0.05, 0.1) is 0 Å². The molecule has 0 bridgehead atoms. The number of halogens is 3. The van der Waals surface area contributed by atoms with Crippen LogP contribution in [-0.2, 0) is 13.2 Å². The van der Waals surface area contributed by atoms with E-state index in [1.54, 1.807) is 0 Å². The van der Waals surface area contributed by atoms with Crippen LogP contribution in [0.15, 0.2) is 6.58 Å². The molecule has 0 aliphatic rings. The quantitative estimate of drug-likeness (QED) is 0.650. The molecule has 0 spiro atoms. The zero-order valence-corrected chi connectivity index (χ0v) is 6.26. The van der Waals surface area contributed by atoms with E-state index in [1.807, 2.05) is 0 Å². The maximum atomic E-state index is 11.9. The molecule has 12 heavy (non-hydrogen) atoms. The van der Waals surface area contributed by atoms with Crippen molar-refractivity contribution in [1.29, 1.82) is 0 Å². The third-order valence-corrected chi connectivity index (χ3v) is 1.23. The predicted octanol–water partition coefficient (Wildman–Crippen LogP) is 1.48. The molecule has 1 heterocycles. The lowest BCUT2D eigenvalue weighted by Crippen LogP contribution is -2.08. The summed E-state index contributed by atoms with van der Waals surface area (Å²) in [6.45, 7) is 3.30. The fourth-order valence-corrected chi connectivity index (χ4v) is 0.694. The van der Waals surface area contributed by atoms with E-state index in [9.17, 15) is 13.2 Å². The van der Waals surface area contributed by atoms with Gasteiger partial charge < -0.3 is 0 Å². The van der Waals surface area contributed by atoms with E-state index in [0.29, 0.717) is 0 Å². The van der Waals surface area contributed by atoms with Gasteiger partial charge in [-0.05, 0) is 6.08 Å². The smallest absolute Gasteiger partial charge is 0.249 e. The molecule has 1 rings (SSSR count). The molecule has 0 aromatic carbocycles. The van der Waals surface area contributed by atoms with Gasteiger partial charge in [0.15, 0.2) is 5.82 Å². The van der Waals surface area contributed by atoms with Crippen LogP contribution in [0.3, 0.4) is 0 Å². The lowest BCUT2D eigenvalue weighted by atomic mass is 10.6. The summed E-state index contributed by atoms with van der Waals surface area (Å²) < 4.78 is 36.9. The Labute approximate surface area is 66.5 Å². The van der Waals surface area contributed by atoms with Gasteiger partial charge in [0.2, 0.25) is 0 Å². The number of rotatable bonds is 1. The van der Waals surface area contributed by atoms with E-state index in [-0.39, 0.29) is 5.82 Å². The molecule has 6 heteroatoms. The van der Waals surface area contributed by atoms with Crippen LogP contribution in [0.5, 0.6) is 0 Å². The fourth-order valence-electron chi connectivity index (χ4n) is 0.694. The van der Waals surface area contributed by atoms with Gasteiger partial charge in [-0.25, -0.2) is 9.67 Å². The average molecular weight is 177 g/mol. The van der Waals surface area contributed by atoms with Crippen LogP contribution in [0, 0.1) is 0 Å². The fraction of sp³-hybridized carbons (Fsp3) is 0.333. The molecule has 0 aliphatic heterocycles. The summed E-state index contributed by atoms with van der Waals surface area (Å²) in [5.74, 6) is -1.04. The molecule has 0 saturated carbocycles. The summed E-state index contributed by atoms with van der Waals surface area (Å²) in [4.78, 5) is 3.21. The van der Waals surface area contributed by atoms with E-state index in [4.69, 9.17) is 0 Å². The van der Waals surface area contributed by atoms with Gasteiger partial charge in [0.1, 0.15) is 0 Å². The normalized spacial score (nSPS) is 11.7. The van der Waals surface area contributed by atoms with Crippen molar-refractivity contribution in [2.24, 2.45) is 7.05 Å². The number of alkyl halides is 3. The Kier molecular flexibility index (Phi) is 1.91. The van der Waals surface area contributed by atoms with Crippen LogP contribution in [0.2, 0.25) is 0 Å². The summed E-state index contributed by atoms with van der Waals surface area (Å²) in [5.41, 5.74) is 0. The Morgan fingerprint density at radius 1 is 1.50 bits per heavy atom. The highest BCUT2D eigenvalue weighted by Crippen LogP contribution is 2.26. The van der Waals surface area contributed by atoms with Crippen LogP contribution in [0.25, 0.3) is 6.08 Å². The zero-order chi connectivity index (χ0) is 9.35. The van der Waals surface area contributed by atoms with Crippen molar-refractivity contribution in [3.8, 4) is 0 Å². The van der Waals surface area contributed by atoms with Crippen LogP contribution >= 0.6 is 0 Å². The van der Waals surface area contributed by atoms with Crippen LogP contribution in [-0.4, -0.2) is 14.8 Å². The highest BCUT2D eigenvalue weighted by molar-refractivity contribution is 5.35. The van der Waals surface area contributed by atoms with Crippen LogP contribution < -0.4 is 0 Å². The molecular formula is C6H6F3N3. The Balaban J connectivity index is 3.13. The van der Waals surface area contributed by atoms with Crippen molar-refractivity contribution in [3.05, 3.63) is 18.2 Å². The third-order valence-electron chi connectivity index (χ3n) is 1.23. The molecule has 0 amide bonds. The molecule has 0 unspecified atom stereocenters. The Hall–Kier alpha value is -1.33. The number of hydrogen-bond acceptors (Lipinski definition) is 2. The molecular weight excluding hydrogens is 171 g/mol. The molecule has 3 nitrogen and oxygen atoms in total. The summed E-state index contributed by atoms with van der Waals surface area (Å²) in [6.07, 6.45) is -3.28. The first-order chi connectivity index (χ1) is 5.45. The van der Waals surface area contributed by atoms with E-state index >= 15 is 0 Å². The minimum atomic E-state index is -4.49. The second-order valence-electron chi connectivity index (χ2n) is 2.12. The van der Waals surface area contributed by atoms with E-state index in [2.05, 4.69) is 16.7 Å². The predicted molar refractivity (Wildman–Crippen MR) is 36.1 cm³/mol. The Morgan fingerprint density at radius 3 is 2.33 bits per heavy atom. The summed E-state index contributed by atoms with van der Waals surface area (Å²) >= 11 is 0. The van der Waals surface area contributed by atoms with Crippen molar-refractivity contribution in [2.75, 3.05) is 0 Å². The summed E-state index contributed by atoms with van der Waals surface area (Å²) in [7, 11) is 1.37. The van der Waals surface area contributed by atoms with E-state index in [1.165, 1.54) is 13.1 Å². The summed E-state index contributed by atoms with van der Waals surface area (Å²) in [5, 5.41) is 3.16. The molecule has 0 aliphatic carbocycles. The van der Waals surface area contributed by atoms with Crippen LogP contribution in [0.1, 0.15) is 11.6 Å². The van der Waals surface area contributed by atoms with Gasteiger partial charge in [-0.3, -0.25) is 0 Å². The number of nitrogens with zero attached hydrogens (tertiary/aromatic N) is 3. The lowest BCUT2D eigenvalue weighted by Gasteiger charge is -1.97. The second kappa shape index (κ2) is 2.62. The maximum Gasteiger partial charge on any atom is 0.453 e. The second-order valence-corrected chi connectivity index (χ2v) is 2.12. The number of aromatic nitrogens is 3. The van der Waals surface area contributed by atoms with Crippen molar-refractivity contribution in [1.82, 2.24) is 14.8 Å². The molecule has 0 radical (unpaired) electrons. The Bertz CT molecular complexity index is 299. The highest BCUT2D eigenvalue weighted by atomic mass is 19.4. The topological polar surface area (TPSA) is 30.7 Å². The van der Waals surface area contributed by atoms with Gasteiger partial charge in [-0.15, -0.1) is 5.10 Å². The molecule has 1 aromatic heterocycles. The van der Waals surface area contributed by atoms with E-state index in [0.717, 1.165) is 4.68 Å². The van der Waals surface area contributed by atoms with Crippen molar-refractivity contribution in [2.45, 2.75) is 6.18 Å². The summed E-state index contributed by atoms with van der Waals surface area (Å²) in [6, 6.07) is 0. The lowest BCUT2D eigenvalue weighted by molar-refractivity contribution is -0.144. The number of aryl methyl sites for hydroxylation is 1. The SMILES string of the molecule is C=Cc1nc(C(F)(F)F)nn1C. The molecule has 1 aromatic rings. The van der Waals surface area contributed by atoms with E-state index < -0.39 is 12.0 Å². The largest absolute Gasteiger partial charge is 0.453 e. The zero-order valence-electron chi connectivity index (χ0n) is 6.26. The first kappa shape index (κ1) is 8.76. The average Bonchev–Trinajstić information content (AvgIpc) is 2.29. The molecule has 66 valence electrons. The minimum absolute atomic E-state index is 0.0994. The van der Waals surface area contributed by atoms with Crippen molar-refractivity contribution in [3.63, 3.8) is 0 Å². The molecule has 0 saturated heterocycles.